The summed E-state index contributed by atoms with van der Waals surface area (Å²) in [6, 6.07) is 0.643. The number of likely N-dealkylation sites (N-methyl/N-ethyl adjacent to an activating group) is 1. The normalized spacial score (nSPS) is 21.2. The van der Waals surface area contributed by atoms with Crippen molar-refractivity contribution in [3.63, 3.8) is 0 Å². The van der Waals surface area contributed by atoms with Gasteiger partial charge < -0.3 is 0 Å². The molecular formula is C9H17LiN. The summed E-state index contributed by atoms with van der Waals surface area (Å²) in [6.07, 6.45) is 7.88. The van der Waals surface area contributed by atoms with E-state index in [2.05, 4.69) is 37.3 Å². The van der Waals surface area contributed by atoms with Crippen LogP contribution in [-0.2, 0) is 0 Å². The van der Waals surface area contributed by atoms with Gasteiger partial charge in [0.2, 0.25) is 0 Å². The summed E-state index contributed by atoms with van der Waals surface area (Å²) in [5.41, 5.74) is 0. The van der Waals surface area contributed by atoms with Crippen molar-refractivity contribution in [3.05, 3.63) is 18.6 Å². The Morgan fingerprint density at radius 1 is 1.36 bits per heavy atom. The van der Waals surface area contributed by atoms with Crippen molar-refractivity contribution in [3.8, 4) is 0 Å². The fourth-order valence-corrected chi connectivity index (χ4v) is 1.26. The third-order valence-electron chi connectivity index (χ3n) is 1.96. The molecule has 0 aromatic carbocycles. The zero-order valence-electron chi connectivity index (χ0n) is 6.88. The summed E-state index contributed by atoms with van der Waals surface area (Å²) in [4.78, 5) is 2.47. The van der Waals surface area contributed by atoms with Crippen LogP contribution < -0.4 is 0 Å². The second kappa shape index (κ2) is 5.89. The molecule has 0 aromatic heterocycles. The second-order valence-electron chi connectivity index (χ2n) is 2.70. The minimum absolute atomic E-state index is 0. The molecule has 2 heteroatoms. The molecule has 1 atom stereocenters. The van der Waals surface area contributed by atoms with Crippen molar-refractivity contribution < 1.29 is 0 Å². The molecule has 1 aliphatic carbocycles. The maximum absolute atomic E-state index is 2.47. The van der Waals surface area contributed by atoms with Gasteiger partial charge in [-0.2, -0.15) is 0 Å². The molecular weight excluding hydrogens is 129 g/mol. The molecule has 0 N–H and O–H groups in total. The fourth-order valence-electron chi connectivity index (χ4n) is 1.26. The van der Waals surface area contributed by atoms with Crippen molar-refractivity contribution in [1.29, 1.82) is 0 Å². The van der Waals surface area contributed by atoms with E-state index in [-0.39, 0.29) is 18.9 Å². The standard InChI is InChI=1S/C9H16N.Li.H/c1-3-8-10(4-2)9-6-5-7-9;;/h5-7,9H,3-4,8H2,1-2H3;;. The Labute approximate surface area is 82.0 Å². The average molecular weight is 146 g/mol. The van der Waals surface area contributed by atoms with Crippen molar-refractivity contribution >= 4 is 18.9 Å². The Hall–Kier alpha value is 0.297. The Kier molecular flexibility index (Phi) is 6.05. The van der Waals surface area contributed by atoms with E-state index in [1.807, 2.05) is 0 Å². The molecule has 1 unspecified atom stereocenters. The number of hydrogen-bond donors (Lipinski definition) is 0. The first kappa shape index (κ1) is 11.3. The average Bonchev–Trinajstić information content (AvgIpc) is 1.83. The molecule has 0 fully saturated rings. The zero-order chi connectivity index (χ0) is 7.40. The van der Waals surface area contributed by atoms with Crippen LogP contribution in [0.2, 0.25) is 0 Å². The van der Waals surface area contributed by atoms with Gasteiger partial charge in [-0.05, 0) is 19.5 Å². The van der Waals surface area contributed by atoms with Crippen molar-refractivity contribution in [2.45, 2.75) is 26.3 Å². The maximum atomic E-state index is 2.47. The molecule has 11 heavy (non-hydrogen) atoms. The summed E-state index contributed by atoms with van der Waals surface area (Å²) in [6.45, 7) is 6.84. The van der Waals surface area contributed by atoms with Crippen LogP contribution in [0.5, 0.6) is 0 Å². The molecule has 1 radical (unpaired) electrons. The predicted octanol–water partition coefficient (Wildman–Crippen LogP) is 1.21. The van der Waals surface area contributed by atoms with E-state index in [1.54, 1.807) is 0 Å². The van der Waals surface area contributed by atoms with Gasteiger partial charge in [-0.15, -0.1) is 0 Å². The summed E-state index contributed by atoms with van der Waals surface area (Å²) in [5, 5.41) is 0. The molecule has 1 nitrogen and oxygen atoms in total. The fraction of sp³-hybridized carbons (Fsp3) is 0.667. The van der Waals surface area contributed by atoms with Crippen molar-refractivity contribution in [2.24, 2.45) is 0 Å². The Morgan fingerprint density at radius 2 is 2.00 bits per heavy atom. The van der Waals surface area contributed by atoms with Crippen molar-refractivity contribution in [1.82, 2.24) is 4.90 Å². The quantitative estimate of drug-likeness (QED) is 0.539. The number of rotatable bonds is 4. The third kappa shape index (κ3) is 3.03. The van der Waals surface area contributed by atoms with Crippen LogP contribution in [-0.4, -0.2) is 42.9 Å². The predicted molar refractivity (Wildman–Crippen MR) is 51.9 cm³/mol. The Morgan fingerprint density at radius 3 is 2.27 bits per heavy atom. The molecule has 0 aromatic rings. The SMILES string of the molecule is CCCN(CC)C1[CH]C=C1.[LiH]. The van der Waals surface area contributed by atoms with E-state index in [0.717, 1.165) is 0 Å². The van der Waals surface area contributed by atoms with Gasteiger partial charge in [-0.25, -0.2) is 0 Å². The summed E-state index contributed by atoms with van der Waals surface area (Å²) in [5.74, 6) is 0. The van der Waals surface area contributed by atoms with Crippen LogP contribution in [0.4, 0.5) is 0 Å². The first-order valence-electron chi connectivity index (χ1n) is 4.14. The van der Waals surface area contributed by atoms with Crippen LogP contribution in [0.1, 0.15) is 20.3 Å². The van der Waals surface area contributed by atoms with Gasteiger partial charge in [0.1, 0.15) is 0 Å². The number of hydrogen-bond acceptors (Lipinski definition) is 1. The third-order valence-corrected chi connectivity index (χ3v) is 1.96. The Balaban J connectivity index is 0.000001000. The van der Waals surface area contributed by atoms with Gasteiger partial charge >= 0.3 is 18.9 Å². The van der Waals surface area contributed by atoms with Gasteiger partial charge in [0.25, 0.3) is 0 Å². The molecule has 0 bridgehead atoms. The van der Waals surface area contributed by atoms with Gasteiger partial charge in [-0.3, -0.25) is 4.90 Å². The Bertz CT molecular complexity index is 123. The van der Waals surface area contributed by atoms with E-state index in [9.17, 15) is 0 Å². The van der Waals surface area contributed by atoms with E-state index < -0.39 is 0 Å². The van der Waals surface area contributed by atoms with Crippen molar-refractivity contribution in [2.75, 3.05) is 13.1 Å². The first-order chi connectivity index (χ1) is 4.88. The molecule has 0 saturated carbocycles. The van der Waals surface area contributed by atoms with Gasteiger partial charge in [-0.1, -0.05) is 26.0 Å². The minimum atomic E-state index is 0. The van der Waals surface area contributed by atoms with E-state index in [1.165, 1.54) is 19.5 Å². The van der Waals surface area contributed by atoms with E-state index in [4.69, 9.17) is 0 Å². The molecule has 0 saturated heterocycles. The molecule has 0 aliphatic heterocycles. The zero-order valence-corrected chi connectivity index (χ0v) is 6.88. The van der Waals surface area contributed by atoms with Gasteiger partial charge in [0.05, 0.1) is 0 Å². The summed E-state index contributed by atoms with van der Waals surface area (Å²) < 4.78 is 0. The number of nitrogens with zero attached hydrogens (tertiary/aromatic N) is 1. The molecule has 59 valence electrons. The van der Waals surface area contributed by atoms with Crippen LogP contribution >= 0.6 is 0 Å². The summed E-state index contributed by atoms with van der Waals surface area (Å²) >= 11 is 0. The topological polar surface area (TPSA) is 3.24 Å². The summed E-state index contributed by atoms with van der Waals surface area (Å²) in [7, 11) is 0. The molecule has 0 spiro atoms. The molecule has 1 aliphatic rings. The van der Waals surface area contributed by atoms with E-state index in [0.29, 0.717) is 6.04 Å². The van der Waals surface area contributed by atoms with Crippen LogP contribution in [0.15, 0.2) is 12.2 Å². The monoisotopic (exact) mass is 146 g/mol. The first-order valence-corrected chi connectivity index (χ1v) is 4.14. The van der Waals surface area contributed by atoms with Gasteiger partial charge in [0.15, 0.2) is 0 Å². The van der Waals surface area contributed by atoms with Crippen LogP contribution in [0.25, 0.3) is 0 Å². The molecule has 0 heterocycles. The van der Waals surface area contributed by atoms with Gasteiger partial charge in [0, 0.05) is 12.5 Å². The van der Waals surface area contributed by atoms with E-state index >= 15 is 0 Å². The molecule has 0 amide bonds. The van der Waals surface area contributed by atoms with Crippen LogP contribution in [0.3, 0.4) is 0 Å². The second-order valence-corrected chi connectivity index (χ2v) is 2.70. The van der Waals surface area contributed by atoms with Crippen LogP contribution in [0, 0.1) is 6.42 Å². The molecule has 1 rings (SSSR count).